The van der Waals surface area contributed by atoms with Gasteiger partial charge < -0.3 is 5.11 Å². The Labute approximate surface area is 220 Å². The molecule has 0 atom stereocenters. The van der Waals surface area contributed by atoms with Crippen LogP contribution < -0.4 is 0 Å². The van der Waals surface area contributed by atoms with Gasteiger partial charge in [-0.2, -0.15) is 0 Å². The van der Waals surface area contributed by atoms with E-state index >= 15 is 0 Å². The van der Waals surface area contributed by atoms with Gasteiger partial charge >= 0.3 is 0 Å². The lowest BCUT2D eigenvalue weighted by atomic mass is 10.0. The number of benzene rings is 3. The molecule has 37 heavy (non-hydrogen) atoms. The highest BCUT2D eigenvalue weighted by Crippen LogP contribution is 2.29. The molecule has 0 unspecified atom stereocenters. The molecule has 4 heteroatoms. The van der Waals surface area contributed by atoms with Crippen LogP contribution in [0.15, 0.2) is 91.0 Å². The van der Waals surface area contributed by atoms with E-state index < -0.39 is 6.61 Å². The van der Waals surface area contributed by atoms with E-state index in [9.17, 15) is 9.59 Å². The second-order valence-corrected chi connectivity index (χ2v) is 9.62. The summed E-state index contributed by atoms with van der Waals surface area (Å²) in [6.07, 6.45) is 9.39. The first-order chi connectivity index (χ1) is 18.1. The summed E-state index contributed by atoms with van der Waals surface area (Å²) in [6.45, 7) is 2.13. The van der Waals surface area contributed by atoms with Crippen molar-refractivity contribution in [1.29, 1.82) is 0 Å². The standard InChI is InChI=1S/C33H35NO3/c35-25-32(37)19-16-26-12-14-28(15-13-26)24-34(21-6-10-31(36)23-27-7-2-1-3-8-27)22-20-30-18-17-29-9-4-5-11-33(29)30/h1-5,7-9,11-16,18-19,35H,6,10,17,20-25H2/b19-16+. The first-order valence-electron chi connectivity index (χ1n) is 13.1. The van der Waals surface area contributed by atoms with E-state index in [1.807, 2.05) is 42.5 Å². The van der Waals surface area contributed by atoms with Crippen molar-refractivity contribution < 1.29 is 14.7 Å². The Bertz CT molecular complexity index is 1240. The van der Waals surface area contributed by atoms with E-state index in [1.54, 1.807) is 6.08 Å². The first-order valence-corrected chi connectivity index (χ1v) is 13.1. The van der Waals surface area contributed by atoms with E-state index in [0.717, 1.165) is 50.0 Å². The fourth-order valence-corrected chi connectivity index (χ4v) is 4.79. The summed E-state index contributed by atoms with van der Waals surface area (Å²) in [7, 11) is 0. The number of ketones is 2. The number of nitrogens with zero attached hydrogens (tertiary/aromatic N) is 1. The van der Waals surface area contributed by atoms with Gasteiger partial charge in [0.05, 0.1) is 0 Å². The van der Waals surface area contributed by atoms with Crippen LogP contribution in [0.3, 0.4) is 0 Å². The van der Waals surface area contributed by atoms with Gasteiger partial charge in [0.15, 0.2) is 5.78 Å². The van der Waals surface area contributed by atoms with Gasteiger partial charge in [-0.15, -0.1) is 0 Å². The van der Waals surface area contributed by atoms with Crippen LogP contribution >= 0.6 is 0 Å². The minimum absolute atomic E-state index is 0.284. The maximum atomic E-state index is 12.6. The van der Waals surface area contributed by atoms with E-state index in [2.05, 4.69) is 47.4 Å². The van der Waals surface area contributed by atoms with E-state index in [0.29, 0.717) is 12.8 Å². The summed E-state index contributed by atoms with van der Waals surface area (Å²) in [5.74, 6) is -0.0213. The number of hydrogen-bond donors (Lipinski definition) is 1. The molecule has 4 rings (SSSR count). The molecule has 0 fully saturated rings. The SMILES string of the molecule is O=C(/C=C/c1ccc(CN(CCCC(=O)Cc2ccccc2)CCC2=CCc3ccccc32)cc1)CO. The predicted molar refractivity (Wildman–Crippen MR) is 150 cm³/mol. The molecule has 0 aliphatic heterocycles. The van der Waals surface area contributed by atoms with Gasteiger partial charge in [0, 0.05) is 25.9 Å². The number of carbonyl (C=O) groups is 2. The number of carbonyl (C=O) groups excluding carboxylic acids is 2. The molecule has 190 valence electrons. The highest BCUT2D eigenvalue weighted by Gasteiger charge is 2.15. The highest BCUT2D eigenvalue weighted by atomic mass is 16.3. The zero-order valence-corrected chi connectivity index (χ0v) is 21.3. The fraction of sp³-hybridized carbons (Fsp3) is 0.273. The monoisotopic (exact) mass is 493 g/mol. The molecule has 3 aromatic rings. The molecular weight excluding hydrogens is 458 g/mol. The quantitative estimate of drug-likeness (QED) is 0.293. The van der Waals surface area contributed by atoms with Gasteiger partial charge in [0.2, 0.25) is 0 Å². The van der Waals surface area contributed by atoms with Crippen LogP contribution in [-0.4, -0.2) is 41.3 Å². The van der Waals surface area contributed by atoms with Crippen molar-refractivity contribution in [3.8, 4) is 0 Å². The molecule has 0 radical (unpaired) electrons. The van der Waals surface area contributed by atoms with Crippen molar-refractivity contribution >= 4 is 23.2 Å². The Morgan fingerprint density at radius 3 is 2.41 bits per heavy atom. The Morgan fingerprint density at radius 1 is 0.865 bits per heavy atom. The van der Waals surface area contributed by atoms with Crippen LogP contribution in [0.2, 0.25) is 0 Å². The van der Waals surface area contributed by atoms with E-state index in [4.69, 9.17) is 5.11 Å². The molecule has 1 aliphatic carbocycles. The first kappa shape index (κ1) is 26.5. The Hall–Kier alpha value is -3.60. The van der Waals surface area contributed by atoms with Crippen LogP contribution in [0.4, 0.5) is 0 Å². The summed E-state index contributed by atoms with van der Waals surface area (Å²) in [4.78, 5) is 26.3. The summed E-state index contributed by atoms with van der Waals surface area (Å²) in [5.41, 5.74) is 7.38. The molecule has 0 saturated carbocycles. The number of hydrogen-bond acceptors (Lipinski definition) is 4. The van der Waals surface area contributed by atoms with Crippen molar-refractivity contribution in [2.24, 2.45) is 0 Å². The largest absolute Gasteiger partial charge is 0.388 e. The molecule has 0 amide bonds. The number of rotatable bonds is 14. The zero-order chi connectivity index (χ0) is 25.9. The van der Waals surface area contributed by atoms with Crippen molar-refractivity contribution in [2.45, 2.75) is 38.6 Å². The smallest absolute Gasteiger partial charge is 0.181 e. The summed E-state index contributed by atoms with van der Waals surface area (Å²) < 4.78 is 0. The van der Waals surface area contributed by atoms with Gasteiger partial charge in [-0.3, -0.25) is 14.5 Å². The Balaban J connectivity index is 1.35. The van der Waals surface area contributed by atoms with Crippen LogP contribution in [0, 0.1) is 0 Å². The molecule has 1 aliphatic rings. The Kier molecular flexibility index (Phi) is 9.75. The van der Waals surface area contributed by atoms with E-state index in [-0.39, 0.29) is 11.6 Å². The van der Waals surface area contributed by atoms with Gasteiger partial charge in [-0.05, 0) is 65.3 Å². The highest BCUT2D eigenvalue weighted by molar-refractivity contribution is 5.94. The van der Waals surface area contributed by atoms with Gasteiger partial charge in [-0.25, -0.2) is 0 Å². The van der Waals surface area contributed by atoms with Crippen molar-refractivity contribution in [2.75, 3.05) is 19.7 Å². The van der Waals surface area contributed by atoms with Crippen molar-refractivity contribution in [3.63, 3.8) is 0 Å². The average molecular weight is 494 g/mol. The lowest BCUT2D eigenvalue weighted by Crippen LogP contribution is -2.26. The molecule has 0 bridgehead atoms. The van der Waals surface area contributed by atoms with Crippen molar-refractivity contribution in [1.82, 2.24) is 4.90 Å². The number of fused-ring (bicyclic) bond motifs is 1. The third kappa shape index (κ3) is 8.21. The van der Waals surface area contributed by atoms with Crippen LogP contribution in [0.5, 0.6) is 0 Å². The number of aliphatic hydroxyl groups excluding tert-OH is 1. The normalized spacial score (nSPS) is 12.6. The molecule has 0 heterocycles. The molecular formula is C33H35NO3. The molecule has 0 spiro atoms. The second-order valence-electron chi connectivity index (χ2n) is 9.62. The van der Waals surface area contributed by atoms with Crippen LogP contribution in [-0.2, 0) is 29.0 Å². The average Bonchev–Trinajstić information content (AvgIpc) is 3.34. The summed E-state index contributed by atoms with van der Waals surface area (Å²) in [6, 6.07) is 26.7. The maximum absolute atomic E-state index is 12.6. The maximum Gasteiger partial charge on any atom is 0.181 e. The van der Waals surface area contributed by atoms with E-state index in [1.165, 1.54) is 28.3 Å². The third-order valence-corrected chi connectivity index (χ3v) is 6.81. The summed E-state index contributed by atoms with van der Waals surface area (Å²) in [5, 5.41) is 8.89. The number of Topliss-reactive ketones (excluding diaryl/α,β-unsaturated/α-hetero) is 1. The third-order valence-electron chi connectivity index (χ3n) is 6.81. The molecule has 4 nitrogen and oxygen atoms in total. The lowest BCUT2D eigenvalue weighted by Gasteiger charge is -2.23. The molecule has 3 aromatic carbocycles. The minimum atomic E-state index is -0.474. The van der Waals surface area contributed by atoms with Gasteiger partial charge in [-0.1, -0.05) is 91.0 Å². The molecule has 0 saturated heterocycles. The summed E-state index contributed by atoms with van der Waals surface area (Å²) >= 11 is 0. The fourth-order valence-electron chi connectivity index (χ4n) is 4.79. The second kappa shape index (κ2) is 13.6. The minimum Gasteiger partial charge on any atom is -0.388 e. The predicted octanol–water partition coefficient (Wildman–Crippen LogP) is 5.69. The van der Waals surface area contributed by atoms with Crippen molar-refractivity contribution in [3.05, 3.63) is 119 Å². The van der Waals surface area contributed by atoms with Gasteiger partial charge in [0.25, 0.3) is 0 Å². The number of aliphatic hydroxyl groups is 1. The Morgan fingerprint density at radius 2 is 1.62 bits per heavy atom. The molecule has 0 aromatic heterocycles. The lowest BCUT2D eigenvalue weighted by molar-refractivity contribution is -0.118. The number of allylic oxidation sites excluding steroid dienone is 1. The zero-order valence-electron chi connectivity index (χ0n) is 21.3. The van der Waals surface area contributed by atoms with Gasteiger partial charge in [0.1, 0.15) is 12.4 Å². The molecule has 1 N–H and O–H groups in total. The topological polar surface area (TPSA) is 57.6 Å². The van der Waals surface area contributed by atoms with Crippen LogP contribution in [0.25, 0.3) is 11.6 Å². The van der Waals surface area contributed by atoms with Crippen LogP contribution in [0.1, 0.15) is 47.1 Å².